The van der Waals surface area contributed by atoms with Gasteiger partial charge in [0.15, 0.2) is 0 Å². The van der Waals surface area contributed by atoms with Crippen molar-refractivity contribution >= 4 is 28.7 Å². The molecule has 0 saturated carbocycles. The summed E-state index contributed by atoms with van der Waals surface area (Å²) in [6.07, 6.45) is 1.66. The third kappa shape index (κ3) is 3.29. The molecule has 2 rings (SSSR count). The number of carbonyl (C=O) groups is 1. The van der Waals surface area contributed by atoms with Gasteiger partial charge in [-0.15, -0.1) is 11.3 Å². The number of hydrogen-bond donors (Lipinski definition) is 1. The normalized spacial score (nSPS) is 10.2. The Morgan fingerprint density at radius 2 is 2.11 bits per heavy atom. The van der Waals surface area contributed by atoms with Crippen molar-refractivity contribution in [1.82, 2.24) is 9.97 Å². The van der Waals surface area contributed by atoms with Gasteiger partial charge in [0.05, 0.1) is 17.4 Å². The number of thiazole rings is 1. The third-order valence-corrected chi connectivity index (χ3v) is 3.34. The molecule has 0 aliphatic rings. The molecule has 0 atom stereocenters. The average molecular weight is 276 g/mol. The first kappa shape index (κ1) is 13.5. The van der Waals surface area contributed by atoms with Crippen LogP contribution in [0.5, 0.6) is 0 Å². The molecule has 0 bridgehead atoms. The molecule has 0 saturated heterocycles. The van der Waals surface area contributed by atoms with Crippen LogP contribution in [0.4, 0.5) is 11.5 Å². The third-order valence-electron chi connectivity index (χ3n) is 2.76. The number of pyridine rings is 1. The molecule has 19 heavy (non-hydrogen) atoms. The van der Waals surface area contributed by atoms with Crippen LogP contribution in [-0.2, 0) is 0 Å². The van der Waals surface area contributed by atoms with Crippen LogP contribution in [0.3, 0.4) is 0 Å². The van der Waals surface area contributed by atoms with Gasteiger partial charge in [0, 0.05) is 18.5 Å². The van der Waals surface area contributed by atoms with Crippen molar-refractivity contribution in [1.29, 1.82) is 0 Å². The Bertz CT molecular complexity index is 520. The predicted molar refractivity (Wildman–Crippen MR) is 77.9 cm³/mol. The Kier molecular flexibility index (Phi) is 4.46. The van der Waals surface area contributed by atoms with Crippen LogP contribution < -0.4 is 10.2 Å². The van der Waals surface area contributed by atoms with Crippen molar-refractivity contribution in [2.24, 2.45) is 0 Å². The highest BCUT2D eigenvalue weighted by Gasteiger charge is 2.08. The lowest BCUT2D eigenvalue weighted by Gasteiger charge is -2.19. The van der Waals surface area contributed by atoms with Crippen molar-refractivity contribution in [2.75, 3.05) is 23.3 Å². The number of rotatable bonds is 5. The van der Waals surface area contributed by atoms with E-state index in [4.69, 9.17) is 0 Å². The van der Waals surface area contributed by atoms with Crippen LogP contribution in [0.1, 0.15) is 24.3 Å². The molecular formula is C13H16N4OS. The van der Waals surface area contributed by atoms with Crippen molar-refractivity contribution < 1.29 is 4.79 Å². The average Bonchev–Trinajstić information content (AvgIpc) is 2.96. The van der Waals surface area contributed by atoms with Gasteiger partial charge in [-0.05, 0) is 26.0 Å². The van der Waals surface area contributed by atoms with Gasteiger partial charge in [-0.3, -0.25) is 4.79 Å². The van der Waals surface area contributed by atoms with Crippen LogP contribution in [0.2, 0.25) is 0 Å². The van der Waals surface area contributed by atoms with Crippen LogP contribution in [0.25, 0.3) is 0 Å². The van der Waals surface area contributed by atoms with Crippen molar-refractivity contribution in [3.63, 3.8) is 0 Å². The molecule has 100 valence electrons. The molecule has 0 radical (unpaired) electrons. The minimum atomic E-state index is -0.210. The Morgan fingerprint density at radius 1 is 1.32 bits per heavy atom. The number of aromatic nitrogens is 2. The van der Waals surface area contributed by atoms with Crippen LogP contribution in [-0.4, -0.2) is 29.0 Å². The van der Waals surface area contributed by atoms with Crippen molar-refractivity contribution in [2.45, 2.75) is 13.8 Å². The maximum absolute atomic E-state index is 11.8. The van der Waals surface area contributed by atoms with Crippen LogP contribution in [0.15, 0.2) is 29.2 Å². The van der Waals surface area contributed by atoms with E-state index in [-0.39, 0.29) is 5.91 Å². The topological polar surface area (TPSA) is 58.1 Å². The van der Waals surface area contributed by atoms with E-state index in [1.165, 1.54) is 11.3 Å². The Balaban J connectivity index is 2.05. The second-order valence-electron chi connectivity index (χ2n) is 3.91. The number of anilines is 2. The van der Waals surface area contributed by atoms with E-state index in [1.807, 2.05) is 12.1 Å². The predicted octanol–water partition coefficient (Wildman–Crippen LogP) is 2.64. The Morgan fingerprint density at radius 3 is 2.63 bits per heavy atom. The fourth-order valence-electron chi connectivity index (χ4n) is 1.71. The SMILES string of the molecule is CCN(CC)c1ccc(NC(=O)c2cscn2)cn1. The number of nitrogens with one attached hydrogen (secondary N) is 1. The van der Waals surface area contributed by atoms with E-state index in [2.05, 4.69) is 34.0 Å². The summed E-state index contributed by atoms with van der Waals surface area (Å²) in [6, 6.07) is 3.76. The molecule has 0 aliphatic heterocycles. The Hall–Kier alpha value is -1.95. The number of carbonyl (C=O) groups excluding carboxylic acids is 1. The van der Waals surface area contributed by atoms with Crippen LogP contribution >= 0.6 is 11.3 Å². The molecule has 5 nitrogen and oxygen atoms in total. The summed E-state index contributed by atoms with van der Waals surface area (Å²) >= 11 is 1.40. The molecule has 0 aliphatic carbocycles. The first-order valence-electron chi connectivity index (χ1n) is 6.15. The lowest BCUT2D eigenvalue weighted by Crippen LogP contribution is -2.22. The standard InChI is InChI=1S/C13H16N4OS/c1-3-17(4-2)12-6-5-10(7-14-12)16-13(18)11-8-19-9-15-11/h5-9H,3-4H2,1-2H3,(H,16,18). The lowest BCUT2D eigenvalue weighted by molar-refractivity contribution is 0.102. The highest BCUT2D eigenvalue weighted by atomic mass is 32.1. The van der Waals surface area contributed by atoms with Gasteiger partial charge in [-0.25, -0.2) is 9.97 Å². The van der Waals surface area contributed by atoms with E-state index in [1.54, 1.807) is 17.1 Å². The van der Waals surface area contributed by atoms with E-state index in [0.29, 0.717) is 11.4 Å². The molecule has 0 fully saturated rings. The minimum Gasteiger partial charge on any atom is -0.357 e. The first-order chi connectivity index (χ1) is 9.24. The summed E-state index contributed by atoms with van der Waals surface area (Å²) in [5, 5.41) is 4.49. The van der Waals surface area contributed by atoms with Gasteiger partial charge < -0.3 is 10.2 Å². The summed E-state index contributed by atoms with van der Waals surface area (Å²) in [4.78, 5) is 22.3. The Labute approximate surface area is 116 Å². The van der Waals surface area contributed by atoms with Gasteiger partial charge in [0.25, 0.3) is 5.91 Å². The molecule has 0 unspecified atom stereocenters. The van der Waals surface area contributed by atoms with E-state index in [0.717, 1.165) is 18.9 Å². The molecule has 1 amide bonds. The van der Waals surface area contributed by atoms with E-state index >= 15 is 0 Å². The van der Waals surface area contributed by atoms with Gasteiger partial charge in [-0.1, -0.05) is 0 Å². The molecular weight excluding hydrogens is 260 g/mol. The first-order valence-corrected chi connectivity index (χ1v) is 7.09. The lowest BCUT2D eigenvalue weighted by atomic mass is 10.3. The molecule has 2 aromatic heterocycles. The highest BCUT2D eigenvalue weighted by Crippen LogP contribution is 2.14. The van der Waals surface area contributed by atoms with Crippen molar-refractivity contribution in [3.05, 3.63) is 34.9 Å². The zero-order valence-electron chi connectivity index (χ0n) is 11.0. The van der Waals surface area contributed by atoms with E-state index in [9.17, 15) is 4.79 Å². The fourth-order valence-corrected chi connectivity index (χ4v) is 2.25. The van der Waals surface area contributed by atoms with Gasteiger partial charge in [-0.2, -0.15) is 0 Å². The second-order valence-corrected chi connectivity index (χ2v) is 4.62. The highest BCUT2D eigenvalue weighted by molar-refractivity contribution is 7.07. The molecule has 1 N–H and O–H groups in total. The molecule has 2 heterocycles. The summed E-state index contributed by atoms with van der Waals surface area (Å²) in [5.74, 6) is 0.704. The summed E-state index contributed by atoms with van der Waals surface area (Å²) in [6.45, 7) is 5.99. The molecule has 6 heteroatoms. The van der Waals surface area contributed by atoms with Gasteiger partial charge in [0.2, 0.25) is 0 Å². The number of hydrogen-bond acceptors (Lipinski definition) is 5. The minimum absolute atomic E-state index is 0.210. The zero-order chi connectivity index (χ0) is 13.7. The number of amides is 1. The van der Waals surface area contributed by atoms with Gasteiger partial charge >= 0.3 is 0 Å². The monoisotopic (exact) mass is 276 g/mol. The molecule has 0 aromatic carbocycles. The fraction of sp³-hybridized carbons (Fsp3) is 0.308. The molecule has 2 aromatic rings. The zero-order valence-corrected chi connectivity index (χ0v) is 11.8. The second kappa shape index (κ2) is 6.29. The van der Waals surface area contributed by atoms with Gasteiger partial charge in [0.1, 0.15) is 11.5 Å². The largest absolute Gasteiger partial charge is 0.357 e. The van der Waals surface area contributed by atoms with Crippen LogP contribution in [0, 0.1) is 0 Å². The molecule has 0 spiro atoms. The van der Waals surface area contributed by atoms with E-state index < -0.39 is 0 Å². The maximum Gasteiger partial charge on any atom is 0.275 e. The number of nitrogens with zero attached hydrogens (tertiary/aromatic N) is 3. The summed E-state index contributed by atoms with van der Waals surface area (Å²) in [5.41, 5.74) is 2.74. The summed E-state index contributed by atoms with van der Waals surface area (Å²) in [7, 11) is 0. The smallest absolute Gasteiger partial charge is 0.275 e. The van der Waals surface area contributed by atoms with Crippen molar-refractivity contribution in [3.8, 4) is 0 Å². The quantitative estimate of drug-likeness (QED) is 0.912. The summed E-state index contributed by atoms with van der Waals surface area (Å²) < 4.78 is 0. The maximum atomic E-state index is 11.8.